The first-order chi connectivity index (χ1) is 12.5. The Morgan fingerprint density at radius 1 is 0.769 bits per heavy atom. The van der Waals surface area contributed by atoms with E-state index in [-0.39, 0.29) is 0 Å². The van der Waals surface area contributed by atoms with Gasteiger partial charge in [0.1, 0.15) is 0 Å². The summed E-state index contributed by atoms with van der Waals surface area (Å²) in [5, 5.41) is 1.71. The van der Waals surface area contributed by atoms with Crippen LogP contribution in [0.1, 0.15) is 11.1 Å². The topological polar surface area (TPSA) is 12.9 Å². The molecule has 0 atom stereocenters. The van der Waals surface area contributed by atoms with E-state index in [2.05, 4.69) is 4.98 Å². The van der Waals surface area contributed by atoms with Gasteiger partial charge in [-0.15, -0.1) is 11.8 Å². The smallest absolute Gasteiger partial charge is 0.248 e. The van der Waals surface area contributed by atoms with E-state index >= 15 is 0 Å². The minimum absolute atomic E-state index is 0.370. The van der Waals surface area contributed by atoms with Gasteiger partial charge in [0.25, 0.3) is 0 Å². The van der Waals surface area contributed by atoms with Crippen molar-refractivity contribution in [3.05, 3.63) is 83.9 Å². The normalized spacial score (nSPS) is 12.0. The molecule has 130 valence electrons. The molecular formula is C21H14F3NS. The molecule has 0 fully saturated rings. The predicted octanol–water partition coefficient (Wildman–Crippen LogP) is 6.70. The number of hydrogen-bond donors (Lipinski definition) is 0. The Labute approximate surface area is 152 Å². The fraction of sp³-hybridized carbons (Fsp3) is 0.0952. The zero-order valence-electron chi connectivity index (χ0n) is 13.6. The third-order valence-electron chi connectivity index (χ3n) is 4.19. The van der Waals surface area contributed by atoms with Gasteiger partial charge in [0.15, 0.2) is 0 Å². The Morgan fingerprint density at radius 3 is 2.23 bits per heavy atom. The second kappa shape index (κ2) is 6.65. The van der Waals surface area contributed by atoms with Crippen molar-refractivity contribution in [3.63, 3.8) is 0 Å². The minimum Gasteiger partial charge on any atom is -0.248 e. The summed E-state index contributed by atoms with van der Waals surface area (Å²) in [7, 11) is 0. The number of alkyl halides is 3. The van der Waals surface area contributed by atoms with Gasteiger partial charge in [-0.2, -0.15) is 13.2 Å². The molecule has 4 rings (SSSR count). The summed E-state index contributed by atoms with van der Waals surface area (Å²) in [5.41, 5.74) is 1.56. The Hall–Kier alpha value is -2.53. The Bertz CT molecular complexity index is 1070. The molecule has 1 nitrogen and oxygen atoms in total. The Balaban J connectivity index is 1.86. The molecule has 0 aliphatic heterocycles. The van der Waals surface area contributed by atoms with Crippen LogP contribution in [0.2, 0.25) is 0 Å². The number of benzene rings is 3. The average Bonchev–Trinajstić information content (AvgIpc) is 2.64. The van der Waals surface area contributed by atoms with Crippen LogP contribution in [0.3, 0.4) is 0 Å². The molecule has 5 heteroatoms. The van der Waals surface area contributed by atoms with Crippen LogP contribution in [-0.2, 0) is 11.9 Å². The monoisotopic (exact) mass is 369 g/mol. The molecule has 0 N–H and O–H groups in total. The second-order valence-electron chi connectivity index (χ2n) is 5.96. The third kappa shape index (κ3) is 3.27. The first-order valence-corrected chi connectivity index (χ1v) is 9.07. The van der Waals surface area contributed by atoms with Crippen LogP contribution in [0.25, 0.3) is 21.8 Å². The maximum Gasteiger partial charge on any atom is 0.416 e. The molecule has 0 amide bonds. The summed E-state index contributed by atoms with van der Waals surface area (Å²) < 4.78 is 39.2. The van der Waals surface area contributed by atoms with Crippen molar-refractivity contribution in [1.82, 2.24) is 4.98 Å². The van der Waals surface area contributed by atoms with E-state index in [9.17, 15) is 13.2 Å². The molecule has 0 aliphatic carbocycles. The van der Waals surface area contributed by atoms with Crippen molar-refractivity contribution in [1.29, 1.82) is 0 Å². The van der Waals surface area contributed by atoms with Gasteiger partial charge in [0.05, 0.1) is 16.6 Å². The van der Waals surface area contributed by atoms with E-state index in [4.69, 9.17) is 0 Å². The minimum atomic E-state index is -4.38. The third-order valence-corrected chi connectivity index (χ3v) is 5.39. The maximum absolute atomic E-state index is 13.1. The van der Waals surface area contributed by atoms with Crippen molar-refractivity contribution in [2.75, 3.05) is 0 Å². The molecular weight excluding hydrogens is 355 g/mol. The number of hydrogen-bond acceptors (Lipinski definition) is 2. The second-order valence-corrected chi connectivity index (χ2v) is 6.95. The van der Waals surface area contributed by atoms with Crippen molar-refractivity contribution in [2.24, 2.45) is 0 Å². The predicted molar refractivity (Wildman–Crippen MR) is 100 cm³/mol. The largest absolute Gasteiger partial charge is 0.416 e. The summed E-state index contributed by atoms with van der Waals surface area (Å²) in [4.78, 5) is 5.42. The highest BCUT2D eigenvalue weighted by molar-refractivity contribution is 7.99. The summed E-state index contributed by atoms with van der Waals surface area (Å²) in [6.45, 7) is 0. The first-order valence-electron chi connectivity index (χ1n) is 8.09. The van der Waals surface area contributed by atoms with Crippen LogP contribution < -0.4 is 0 Å². The molecule has 4 aromatic rings. The quantitative estimate of drug-likeness (QED) is 0.294. The lowest BCUT2D eigenvalue weighted by Gasteiger charge is -2.13. The van der Waals surface area contributed by atoms with Gasteiger partial charge in [0, 0.05) is 21.4 Å². The zero-order valence-corrected chi connectivity index (χ0v) is 14.4. The molecule has 0 unspecified atom stereocenters. The molecule has 1 heterocycles. The number of thioether (sulfide) groups is 1. The van der Waals surface area contributed by atoms with Crippen LogP contribution in [-0.4, -0.2) is 4.98 Å². The van der Waals surface area contributed by atoms with Gasteiger partial charge in [0.2, 0.25) is 0 Å². The number of halogens is 3. The Kier molecular flexibility index (Phi) is 4.32. The van der Waals surface area contributed by atoms with E-state index < -0.39 is 11.7 Å². The molecule has 1 aromatic heterocycles. The van der Waals surface area contributed by atoms with E-state index in [0.717, 1.165) is 33.6 Å². The summed E-state index contributed by atoms with van der Waals surface area (Å²) in [5.74, 6) is 0.741. The lowest BCUT2D eigenvalue weighted by molar-refractivity contribution is -0.137. The molecule has 0 saturated heterocycles. The van der Waals surface area contributed by atoms with Gasteiger partial charge < -0.3 is 0 Å². The summed E-state index contributed by atoms with van der Waals surface area (Å²) >= 11 is 1.62. The number of para-hydroxylation sites is 1. The summed E-state index contributed by atoms with van der Waals surface area (Å²) in [6.07, 6.45) is -4.38. The summed E-state index contributed by atoms with van der Waals surface area (Å²) in [6, 6.07) is 21.4. The fourth-order valence-corrected chi connectivity index (χ4v) is 4.08. The molecule has 0 spiro atoms. The lowest BCUT2D eigenvalue weighted by Crippen LogP contribution is -2.04. The number of rotatable bonds is 3. The van der Waals surface area contributed by atoms with Crippen molar-refractivity contribution in [3.8, 4) is 0 Å². The van der Waals surface area contributed by atoms with E-state index in [1.54, 1.807) is 11.8 Å². The van der Waals surface area contributed by atoms with Gasteiger partial charge in [-0.3, -0.25) is 0 Å². The van der Waals surface area contributed by atoms with Gasteiger partial charge in [-0.25, -0.2) is 4.98 Å². The Morgan fingerprint density at radius 2 is 1.46 bits per heavy atom. The standard InChI is InChI=1S/C21H14F3NS/c22-21(23,24)15-10-11-17-19(12-15)25-18-9-5-4-8-16(18)20(17)26-13-14-6-2-1-3-7-14/h1-12H,13H2. The van der Waals surface area contributed by atoms with Crippen LogP contribution >= 0.6 is 11.8 Å². The molecule has 0 aliphatic rings. The first kappa shape index (κ1) is 16.9. The van der Waals surface area contributed by atoms with Gasteiger partial charge in [-0.05, 0) is 23.8 Å². The van der Waals surface area contributed by atoms with Gasteiger partial charge in [-0.1, -0.05) is 54.6 Å². The number of nitrogens with zero attached hydrogens (tertiary/aromatic N) is 1. The maximum atomic E-state index is 13.1. The number of pyridine rings is 1. The number of aromatic nitrogens is 1. The van der Waals surface area contributed by atoms with Crippen LogP contribution in [0.15, 0.2) is 77.7 Å². The average molecular weight is 369 g/mol. The van der Waals surface area contributed by atoms with E-state index in [1.165, 1.54) is 11.6 Å². The molecule has 0 radical (unpaired) electrons. The van der Waals surface area contributed by atoms with Crippen LogP contribution in [0.4, 0.5) is 13.2 Å². The lowest BCUT2D eigenvalue weighted by atomic mass is 10.1. The van der Waals surface area contributed by atoms with Crippen molar-refractivity contribution >= 4 is 33.6 Å². The zero-order chi connectivity index (χ0) is 18.1. The van der Waals surface area contributed by atoms with E-state index in [1.807, 2.05) is 54.6 Å². The number of fused-ring (bicyclic) bond motifs is 2. The highest BCUT2D eigenvalue weighted by Gasteiger charge is 2.30. The van der Waals surface area contributed by atoms with Crippen molar-refractivity contribution in [2.45, 2.75) is 16.8 Å². The fourth-order valence-electron chi connectivity index (χ4n) is 2.92. The SMILES string of the molecule is FC(F)(F)c1ccc2c(SCc3ccccc3)c3ccccc3nc2c1. The highest BCUT2D eigenvalue weighted by atomic mass is 32.2. The van der Waals surface area contributed by atoms with Crippen molar-refractivity contribution < 1.29 is 13.2 Å². The molecule has 0 saturated carbocycles. The molecule has 26 heavy (non-hydrogen) atoms. The van der Waals surface area contributed by atoms with Gasteiger partial charge >= 0.3 is 6.18 Å². The highest BCUT2D eigenvalue weighted by Crippen LogP contribution is 2.38. The van der Waals surface area contributed by atoms with Crippen LogP contribution in [0, 0.1) is 0 Å². The van der Waals surface area contributed by atoms with E-state index in [0.29, 0.717) is 11.0 Å². The molecule has 0 bridgehead atoms. The molecule has 3 aromatic carbocycles. The van der Waals surface area contributed by atoms with Crippen LogP contribution in [0.5, 0.6) is 0 Å².